The Balaban J connectivity index is 1.85. The van der Waals surface area contributed by atoms with Crippen LogP contribution in [-0.2, 0) is 17.8 Å². The molecule has 1 saturated heterocycles. The van der Waals surface area contributed by atoms with Gasteiger partial charge in [-0.15, -0.1) is 0 Å². The van der Waals surface area contributed by atoms with E-state index in [-0.39, 0.29) is 11.9 Å². The van der Waals surface area contributed by atoms with Gasteiger partial charge in [0.15, 0.2) is 0 Å². The van der Waals surface area contributed by atoms with Gasteiger partial charge < -0.3 is 15.2 Å². The normalized spacial score (nSPS) is 21.7. The number of carbonyl (C=O) groups is 1. The molecule has 2 aromatic rings. The van der Waals surface area contributed by atoms with Crippen LogP contribution in [0.15, 0.2) is 24.3 Å². The van der Waals surface area contributed by atoms with E-state index in [2.05, 4.69) is 23.4 Å². The predicted molar refractivity (Wildman–Crippen MR) is 87.4 cm³/mol. The molecule has 1 aliphatic heterocycles. The summed E-state index contributed by atoms with van der Waals surface area (Å²) < 4.78 is 2.06. The maximum atomic E-state index is 12.7. The molecular formula is C17H24N4O. The lowest BCUT2D eigenvalue weighted by Gasteiger charge is -2.22. The summed E-state index contributed by atoms with van der Waals surface area (Å²) in [6, 6.07) is 8.28. The number of rotatable bonds is 4. The number of hydrogen-bond donors (Lipinski definition) is 1. The zero-order valence-electron chi connectivity index (χ0n) is 13.3. The Hall–Kier alpha value is -1.88. The van der Waals surface area contributed by atoms with Crippen LogP contribution in [0.25, 0.3) is 11.0 Å². The second kappa shape index (κ2) is 6.08. The fourth-order valence-electron chi connectivity index (χ4n) is 3.46. The van der Waals surface area contributed by atoms with Gasteiger partial charge in [-0.3, -0.25) is 4.79 Å². The van der Waals surface area contributed by atoms with Crippen molar-refractivity contribution in [2.45, 2.75) is 39.3 Å². The number of nitrogens with zero attached hydrogens (tertiary/aromatic N) is 3. The average Bonchev–Trinajstić information content (AvgIpc) is 3.08. The molecule has 5 nitrogen and oxygen atoms in total. The van der Waals surface area contributed by atoms with E-state index in [0.717, 1.165) is 36.2 Å². The van der Waals surface area contributed by atoms with Crippen LogP contribution in [0.3, 0.4) is 0 Å². The third kappa shape index (κ3) is 2.61. The fourth-order valence-corrected chi connectivity index (χ4v) is 3.46. The van der Waals surface area contributed by atoms with E-state index in [0.29, 0.717) is 19.0 Å². The summed E-state index contributed by atoms with van der Waals surface area (Å²) in [4.78, 5) is 19.3. The van der Waals surface area contributed by atoms with E-state index in [4.69, 9.17) is 5.73 Å². The van der Waals surface area contributed by atoms with Gasteiger partial charge in [-0.05, 0) is 37.9 Å². The summed E-state index contributed by atoms with van der Waals surface area (Å²) in [6.07, 6.45) is 1.83. The topological polar surface area (TPSA) is 64.2 Å². The average molecular weight is 300 g/mol. The quantitative estimate of drug-likeness (QED) is 0.936. The zero-order chi connectivity index (χ0) is 15.7. The minimum Gasteiger partial charge on any atom is -0.338 e. The molecule has 118 valence electrons. The number of aryl methyl sites for hydroxylation is 1. The number of benzene rings is 1. The molecule has 0 bridgehead atoms. The van der Waals surface area contributed by atoms with E-state index in [1.807, 2.05) is 29.2 Å². The van der Waals surface area contributed by atoms with Crippen molar-refractivity contribution in [3.8, 4) is 0 Å². The molecule has 2 unspecified atom stereocenters. The van der Waals surface area contributed by atoms with Crippen LogP contribution in [-0.4, -0.2) is 39.5 Å². The number of amides is 1. The molecule has 3 rings (SSSR count). The Bertz CT molecular complexity index is 678. The monoisotopic (exact) mass is 300 g/mol. The predicted octanol–water partition coefficient (Wildman–Crippen LogP) is 1.79. The number of fused-ring (bicyclic) bond motifs is 1. The highest BCUT2D eigenvalue weighted by atomic mass is 16.2. The van der Waals surface area contributed by atoms with Crippen LogP contribution in [0, 0.1) is 5.92 Å². The van der Waals surface area contributed by atoms with E-state index >= 15 is 0 Å². The smallest absolute Gasteiger partial charge is 0.242 e. The first-order chi connectivity index (χ1) is 10.6. The van der Waals surface area contributed by atoms with Gasteiger partial charge >= 0.3 is 0 Å². The molecule has 0 radical (unpaired) electrons. The maximum absolute atomic E-state index is 12.7. The third-order valence-corrected chi connectivity index (χ3v) is 4.66. The molecule has 0 saturated carbocycles. The van der Waals surface area contributed by atoms with Gasteiger partial charge in [0.1, 0.15) is 12.4 Å². The third-order valence-electron chi connectivity index (χ3n) is 4.66. The van der Waals surface area contributed by atoms with Gasteiger partial charge in [-0.2, -0.15) is 0 Å². The molecular weight excluding hydrogens is 276 g/mol. The molecule has 1 fully saturated rings. The Morgan fingerprint density at radius 2 is 2.18 bits per heavy atom. The van der Waals surface area contributed by atoms with Crippen molar-refractivity contribution in [1.29, 1.82) is 0 Å². The number of imidazole rings is 1. The number of hydrogen-bond acceptors (Lipinski definition) is 3. The molecule has 1 aliphatic rings. The van der Waals surface area contributed by atoms with Crippen molar-refractivity contribution in [3.63, 3.8) is 0 Å². The van der Waals surface area contributed by atoms with Crippen molar-refractivity contribution in [1.82, 2.24) is 14.5 Å². The van der Waals surface area contributed by atoms with Crippen LogP contribution >= 0.6 is 0 Å². The van der Waals surface area contributed by atoms with E-state index in [9.17, 15) is 4.79 Å². The lowest BCUT2D eigenvalue weighted by Crippen LogP contribution is -2.37. The molecule has 5 heteroatoms. The van der Waals surface area contributed by atoms with Crippen molar-refractivity contribution >= 4 is 16.9 Å². The van der Waals surface area contributed by atoms with Crippen LogP contribution in [0.2, 0.25) is 0 Å². The minimum absolute atomic E-state index is 0.168. The summed E-state index contributed by atoms with van der Waals surface area (Å²) in [7, 11) is 0. The van der Waals surface area contributed by atoms with Crippen molar-refractivity contribution in [2.24, 2.45) is 11.7 Å². The summed E-state index contributed by atoms with van der Waals surface area (Å²) >= 11 is 0. The summed E-state index contributed by atoms with van der Waals surface area (Å²) in [5.41, 5.74) is 7.76. The molecule has 1 amide bonds. The second-order valence-corrected chi connectivity index (χ2v) is 6.19. The largest absolute Gasteiger partial charge is 0.338 e. The first-order valence-electron chi connectivity index (χ1n) is 8.07. The van der Waals surface area contributed by atoms with Crippen molar-refractivity contribution in [3.05, 3.63) is 30.1 Å². The standard InChI is InChI=1S/C17H24N4O/c1-3-16-19-14-6-4-5-7-15(14)21(16)11-17(22)20-10-13(9-18)8-12(20)2/h4-7,12-13H,3,8-11,18H2,1-2H3. The van der Waals surface area contributed by atoms with Crippen LogP contribution in [0.1, 0.15) is 26.1 Å². The van der Waals surface area contributed by atoms with Gasteiger partial charge in [0.05, 0.1) is 11.0 Å². The lowest BCUT2D eigenvalue weighted by atomic mass is 10.1. The Kier molecular flexibility index (Phi) is 4.16. The first kappa shape index (κ1) is 15.0. The Morgan fingerprint density at radius 1 is 1.41 bits per heavy atom. The second-order valence-electron chi connectivity index (χ2n) is 6.19. The molecule has 2 N–H and O–H groups in total. The van der Waals surface area contributed by atoms with E-state index < -0.39 is 0 Å². The number of nitrogens with two attached hydrogens (primary N) is 1. The number of carbonyl (C=O) groups excluding carboxylic acids is 1. The Labute approximate surface area is 131 Å². The van der Waals surface area contributed by atoms with Gasteiger partial charge in [0.25, 0.3) is 0 Å². The number of para-hydroxylation sites is 2. The van der Waals surface area contributed by atoms with Gasteiger partial charge in [0, 0.05) is 19.0 Å². The van der Waals surface area contributed by atoms with Gasteiger partial charge in [-0.1, -0.05) is 19.1 Å². The highest BCUT2D eigenvalue weighted by Gasteiger charge is 2.31. The first-order valence-corrected chi connectivity index (χ1v) is 8.07. The zero-order valence-corrected chi connectivity index (χ0v) is 13.3. The Morgan fingerprint density at radius 3 is 2.86 bits per heavy atom. The molecule has 22 heavy (non-hydrogen) atoms. The van der Waals surface area contributed by atoms with Crippen molar-refractivity contribution in [2.75, 3.05) is 13.1 Å². The minimum atomic E-state index is 0.168. The lowest BCUT2D eigenvalue weighted by molar-refractivity contribution is -0.132. The van der Waals surface area contributed by atoms with Gasteiger partial charge in [-0.25, -0.2) is 4.98 Å². The molecule has 2 heterocycles. The van der Waals surface area contributed by atoms with Crippen molar-refractivity contribution < 1.29 is 4.79 Å². The SMILES string of the molecule is CCc1nc2ccccc2n1CC(=O)N1CC(CN)CC1C. The van der Waals surface area contributed by atoms with E-state index in [1.165, 1.54) is 0 Å². The highest BCUT2D eigenvalue weighted by molar-refractivity contribution is 5.81. The van der Waals surface area contributed by atoms with Crippen LogP contribution in [0.4, 0.5) is 0 Å². The van der Waals surface area contributed by atoms with Gasteiger partial charge in [0.2, 0.25) is 5.91 Å². The summed E-state index contributed by atoms with van der Waals surface area (Å²) in [5.74, 6) is 1.57. The maximum Gasteiger partial charge on any atom is 0.242 e. The molecule has 2 atom stereocenters. The van der Waals surface area contributed by atoms with E-state index in [1.54, 1.807) is 0 Å². The number of aromatic nitrogens is 2. The molecule has 0 spiro atoms. The number of likely N-dealkylation sites (tertiary alicyclic amines) is 1. The molecule has 0 aliphatic carbocycles. The van der Waals surface area contributed by atoms with Crippen LogP contribution < -0.4 is 5.73 Å². The van der Waals surface area contributed by atoms with Crippen LogP contribution in [0.5, 0.6) is 0 Å². The molecule has 1 aromatic heterocycles. The summed E-state index contributed by atoms with van der Waals surface area (Å²) in [5, 5.41) is 0. The fraction of sp³-hybridized carbons (Fsp3) is 0.529. The highest BCUT2D eigenvalue weighted by Crippen LogP contribution is 2.23. The summed E-state index contributed by atoms with van der Waals surface area (Å²) in [6.45, 7) is 5.99. The molecule has 1 aromatic carbocycles.